The number of halogens is 1. The molecule has 3 aromatic rings. The minimum absolute atomic E-state index is 0.0400. The number of hydrogen-bond acceptors (Lipinski definition) is 5. The average Bonchev–Trinajstić information content (AvgIpc) is 2.67. The molecule has 7 nitrogen and oxygen atoms in total. The lowest BCUT2D eigenvalue weighted by Gasteiger charge is -2.27. The number of rotatable bonds is 3. The molecule has 1 aliphatic heterocycles. The van der Waals surface area contributed by atoms with Crippen LogP contribution >= 0.6 is 0 Å². The summed E-state index contributed by atoms with van der Waals surface area (Å²) in [5.41, 5.74) is 2.00. The second kappa shape index (κ2) is 7.22. The van der Waals surface area contributed by atoms with Gasteiger partial charge in [0, 0.05) is 30.2 Å². The van der Waals surface area contributed by atoms with Crippen molar-refractivity contribution in [1.82, 2.24) is 15.3 Å². The van der Waals surface area contributed by atoms with Gasteiger partial charge < -0.3 is 15.5 Å². The van der Waals surface area contributed by atoms with Crippen LogP contribution in [0, 0.1) is 12.7 Å². The normalized spacial score (nSPS) is 14.1. The molecule has 28 heavy (non-hydrogen) atoms. The van der Waals surface area contributed by atoms with Gasteiger partial charge in [0.1, 0.15) is 11.6 Å². The number of fused-ring (bicyclic) bond motifs is 1. The number of aromatic nitrogens is 2. The van der Waals surface area contributed by atoms with Gasteiger partial charge in [-0.05, 0) is 37.3 Å². The minimum atomic E-state index is -0.400. The Morgan fingerprint density at radius 1 is 1.25 bits per heavy atom. The largest absolute Gasteiger partial charge is 0.353 e. The molecule has 1 saturated heterocycles. The van der Waals surface area contributed by atoms with Crippen LogP contribution in [0.1, 0.15) is 16.1 Å². The van der Waals surface area contributed by atoms with Gasteiger partial charge in [-0.3, -0.25) is 14.6 Å². The first kappa shape index (κ1) is 17.8. The highest BCUT2D eigenvalue weighted by molar-refractivity contribution is 6.12. The predicted octanol–water partition coefficient (Wildman–Crippen LogP) is 2.27. The van der Waals surface area contributed by atoms with E-state index in [1.54, 1.807) is 37.4 Å². The Morgan fingerprint density at radius 3 is 2.86 bits per heavy atom. The highest BCUT2D eigenvalue weighted by atomic mass is 19.1. The standard InChI is InChI=1S/C20H18FN5O2/c1-12-8-16(15-4-2-13(21)9-17(15)24-12)20(28)25-14-3-5-18(23-10-14)26-7-6-22-19(27)11-26/h2-5,8-10H,6-7,11H2,1H3,(H,22,27)(H,25,28). The third-order valence-electron chi connectivity index (χ3n) is 4.51. The van der Waals surface area contributed by atoms with Crippen LogP contribution in [0.5, 0.6) is 0 Å². The number of carbonyl (C=O) groups excluding carboxylic acids is 2. The van der Waals surface area contributed by atoms with E-state index in [-0.39, 0.29) is 18.4 Å². The fourth-order valence-corrected chi connectivity index (χ4v) is 3.20. The third-order valence-corrected chi connectivity index (χ3v) is 4.51. The molecule has 0 bridgehead atoms. The Hall–Kier alpha value is -3.55. The van der Waals surface area contributed by atoms with Gasteiger partial charge in [0.15, 0.2) is 0 Å². The Morgan fingerprint density at radius 2 is 2.11 bits per heavy atom. The molecule has 1 aliphatic rings. The molecule has 142 valence electrons. The van der Waals surface area contributed by atoms with E-state index < -0.39 is 5.82 Å². The van der Waals surface area contributed by atoms with Gasteiger partial charge in [0.2, 0.25) is 5.91 Å². The van der Waals surface area contributed by atoms with E-state index in [1.165, 1.54) is 12.1 Å². The fraction of sp³-hybridized carbons (Fsp3) is 0.200. The van der Waals surface area contributed by atoms with Gasteiger partial charge >= 0.3 is 0 Å². The lowest BCUT2D eigenvalue weighted by atomic mass is 10.1. The zero-order valence-corrected chi connectivity index (χ0v) is 15.2. The second-order valence-corrected chi connectivity index (χ2v) is 6.60. The summed E-state index contributed by atoms with van der Waals surface area (Å²) in [4.78, 5) is 34.8. The maximum atomic E-state index is 13.5. The van der Waals surface area contributed by atoms with Crippen LogP contribution in [0.3, 0.4) is 0 Å². The molecule has 0 aliphatic carbocycles. The fourth-order valence-electron chi connectivity index (χ4n) is 3.20. The first-order valence-corrected chi connectivity index (χ1v) is 8.85. The zero-order valence-electron chi connectivity index (χ0n) is 15.2. The van der Waals surface area contributed by atoms with Gasteiger partial charge in [-0.2, -0.15) is 0 Å². The Bertz CT molecular complexity index is 1060. The van der Waals surface area contributed by atoms with Gasteiger partial charge in [-0.15, -0.1) is 0 Å². The molecule has 0 unspecified atom stereocenters. The van der Waals surface area contributed by atoms with Crippen LogP contribution in [0.4, 0.5) is 15.9 Å². The van der Waals surface area contributed by atoms with Crippen molar-refractivity contribution < 1.29 is 14.0 Å². The summed E-state index contributed by atoms with van der Waals surface area (Å²) in [7, 11) is 0. The van der Waals surface area contributed by atoms with Crippen LogP contribution < -0.4 is 15.5 Å². The van der Waals surface area contributed by atoms with Crippen molar-refractivity contribution in [2.24, 2.45) is 0 Å². The van der Waals surface area contributed by atoms with Crippen LogP contribution in [-0.4, -0.2) is 41.4 Å². The van der Waals surface area contributed by atoms with Gasteiger partial charge in [0.05, 0.1) is 29.5 Å². The van der Waals surface area contributed by atoms with Crippen molar-refractivity contribution >= 4 is 34.2 Å². The number of aryl methyl sites for hydroxylation is 1. The maximum Gasteiger partial charge on any atom is 0.256 e. The average molecular weight is 379 g/mol. The number of benzene rings is 1. The molecule has 1 fully saturated rings. The molecule has 2 N–H and O–H groups in total. The van der Waals surface area contributed by atoms with E-state index in [0.717, 1.165) is 0 Å². The van der Waals surface area contributed by atoms with Crippen molar-refractivity contribution in [1.29, 1.82) is 0 Å². The maximum absolute atomic E-state index is 13.5. The number of amides is 2. The van der Waals surface area contributed by atoms with Gasteiger partial charge in [-0.1, -0.05) is 0 Å². The Kier molecular flexibility index (Phi) is 4.60. The van der Waals surface area contributed by atoms with E-state index >= 15 is 0 Å². The van der Waals surface area contributed by atoms with Gasteiger partial charge in [-0.25, -0.2) is 9.37 Å². The molecule has 3 heterocycles. The lowest BCUT2D eigenvalue weighted by molar-refractivity contribution is -0.120. The van der Waals surface area contributed by atoms with E-state index in [0.29, 0.717) is 46.8 Å². The topological polar surface area (TPSA) is 87.2 Å². The quantitative estimate of drug-likeness (QED) is 0.729. The highest BCUT2D eigenvalue weighted by Crippen LogP contribution is 2.21. The highest BCUT2D eigenvalue weighted by Gasteiger charge is 2.18. The van der Waals surface area contributed by atoms with Crippen molar-refractivity contribution in [3.63, 3.8) is 0 Å². The summed E-state index contributed by atoms with van der Waals surface area (Å²) in [6, 6.07) is 9.34. The second-order valence-electron chi connectivity index (χ2n) is 6.60. The third kappa shape index (κ3) is 3.62. The van der Waals surface area contributed by atoms with E-state index in [1.807, 2.05) is 4.90 Å². The number of nitrogens with zero attached hydrogens (tertiary/aromatic N) is 3. The first-order valence-electron chi connectivity index (χ1n) is 8.85. The monoisotopic (exact) mass is 379 g/mol. The lowest BCUT2D eigenvalue weighted by Crippen LogP contribution is -2.48. The number of hydrogen-bond donors (Lipinski definition) is 2. The summed E-state index contributed by atoms with van der Waals surface area (Å²) in [5.74, 6) is -0.0903. The van der Waals surface area contributed by atoms with Crippen LogP contribution in [0.25, 0.3) is 10.9 Å². The number of piperazine rings is 1. The van der Waals surface area contributed by atoms with Gasteiger partial charge in [0.25, 0.3) is 5.91 Å². The molecule has 0 atom stereocenters. The summed E-state index contributed by atoms with van der Waals surface area (Å²) >= 11 is 0. The molecular formula is C20H18FN5O2. The summed E-state index contributed by atoms with van der Waals surface area (Å²) in [6.07, 6.45) is 1.55. The minimum Gasteiger partial charge on any atom is -0.353 e. The molecule has 1 aromatic carbocycles. The summed E-state index contributed by atoms with van der Waals surface area (Å²) < 4.78 is 13.5. The molecule has 4 rings (SSSR count). The SMILES string of the molecule is Cc1cc(C(=O)Nc2ccc(N3CCNC(=O)C3)nc2)c2ccc(F)cc2n1. The Balaban J connectivity index is 1.55. The Labute approximate surface area is 160 Å². The van der Waals surface area contributed by atoms with Crippen LogP contribution in [-0.2, 0) is 4.79 Å². The molecular weight excluding hydrogens is 361 g/mol. The van der Waals surface area contributed by atoms with Crippen molar-refractivity contribution in [2.45, 2.75) is 6.92 Å². The zero-order chi connectivity index (χ0) is 19.7. The number of nitrogens with one attached hydrogen (secondary N) is 2. The molecule has 0 radical (unpaired) electrons. The number of carbonyl (C=O) groups is 2. The smallest absolute Gasteiger partial charge is 0.256 e. The molecule has 0 spiro atoms. The van der Waals surface area contributed by atoms with E-state index in [9.17, 15) is 14.0 Å². The number of anilines is 2. The molecule has 8 heteroatoms. The molecule has 0 saturated carbocycles. The molecule has 2 aromatic heterocycles. The predicted molar refractivity (Wildman–Crippen MR) is 104 cm³/mol. The van der Waals surface area contributed by atoms with Crippen molar-refractivity contribution in [2.75, 3.05) is 29.9 Å². The van der Waals surface area contributed by atoms with E-state index in [2.05, 4.69) is 20.6 Å². The summed E-state index contributed by atoms with van der Waals surface area (Å²) in [5, 5.41) is 6.15. The van der Waals surface area contributed by atoms with Crippen molar-refractivity contribution in [3.05, 3.63) is 59.7 Å². The summed E-state index contributed by atoms with van der Waals surface area (Å²) in [6.45, 7) is 3.28. The molecule has 2 amide bonds. The van der Waals surface area contributed by atoms with Crippen LogP contribution in [0.15, 0.2) is 42.6 Å². The van der Waals surface area contributed by atoms with E-state index in [4.69, 9.17) is 0 Å². The van der Waals surface area contributed by atoms with Crippen LogP contribution in [0.2, 0.25) is 0 Å². The number of pyridine rings is 2. The first-order chi connectivity index (χ1) is 13.5. The van der Waals surface area contributed by atoms with Crippen molar-refractivity contribution in [3.8, 4) is 0 Å².